The molecule has 1 saturated heterocycles. The van der Waals surface area contributed by atoms with Crippen LogP contribution in [0.1, 0.15) is 37.3 Å². The molecule has 0 bridgehead atoms. The third kappa shape index (κ3) is 6.81. The summed E-state index contributed by atoms with van der Waals surface area (Å²) in [5.41, 5.74) is 3.67. The highest BCUT2D eigenvalue weighted by Crippen LogP contribution is 2.26. The molecular weight excluding hydrogens is 476 g/mol. The molecule has 0 atom stereocenters. The lowest BCUT2D eigenvalue weighted by atomic mass is 9.95. The molecule has 2 aliphatic rings. The van der Waals surface area contributed by atoms with Crippen LogP contribution < -0.4 is 5.32 Å². The van der Waals surface area contributed by atoms with Crippen LogP contribution in [0.2, 0.25) is 0 Å². The molecule has 5 nitrogen and oxygen atoms in total. The monoisotopic (exact) mass is 512 g/mol. The van der Waals surface area contributed by atoms with Gasteiger partial charge in [0.15, 0.2) is 0 Å². The number of rotatable bonds is 4. The molecule has 178 valence electrons. The van der Waals surface area contributed by atoms with Crippen LogP contribution in [0, 0.1) is 5.92 Å². The molecule has 4 rings (SSSR count). The molecule has 0 unspecified atom stereocenters. The van der Waals surface area contributed by atoms with Gasteiger partial charge in [-0.2, -0.15) is 0 Å². The van der Waals surface area contributed by atoms with Crippen LogP contribution in [0.5, 0.6) is 0 Å². The van der Waals surface area contributed by atoms with Crippen LogP contribution in [-0.2, 0) is 17.9 Å². The Morgan fingerprint density at radius 2 is 1.79 bits per heavy atom. The molecular formula is C27H37BrN4O. The second-order valence-electron chi connectivity index (χ2n) is 9.31. The molecule has 2 aromatic rings. The smallest absolute Gasteiger partial charge is 0.226 e. The second-order valence-corrected chi connectivity index (χ2v) is 10.2. The molecule has 0 saturated carbocycles. The Hall–Kier alpha value is -1.89. The van der Waals surface area contributed by atoms with Gasteiger partial charge in [-0.05, 0) is 68.2 Å². The molecule has 2 heterocycles. The fraction of sp³-hybridized carbons (Fsp3) is 0.519. The van der Waals surface area contributed by atoms with Gasteiger partial charge in [0.25, 0.3) is 0 Å². The van der Waals surface area contributed by atoms with Gasteiger partial charge < -0.3 is 15.1 Å². The molecule has 1 amide bonds. The van der Waals surface area contributed by atoms with Crippen molar-refractivity contribution in [1.82, 2.24) is 14.7 Å². The van der Waals surface area contributed by atoms with E-state index in [9.17, 15) is 4.79 Å². The van der Waals surface area contributed by atoms with E-state index in [1.165, 1.54) is 11.1 Å². The maximum absolute atomic E-state index is 13.7. The van der Waals surface area contributed by atoms with Crippen molar-refractivity contribution in [2.24, 2.45) is 5.92 Å². The van der Waals surface area contributed by atoms with E-state index in [-0.39, 0.29) is 5.92 Å². The van der Waals surface area contributed by atoms with E-state index in [4.69, 9.17) is 0 Å². The number of hydrogen-bond acceptors (Lipinski definition) is 4. The van der Waals surface area contributed by atoms with Gasteiger partial charge in [0.05, 0.1) is 0 Å². The molecule has 0 radical (unpaired) electrons. The van der Waals surface area contributed by atoms with Crippen molar-refractivity contribution >= 4 is 27.5 Å². The van der Waals surface area contributed by atoms with Crippen LogP contribution in [0.25, 0.3) is 0 Å². The standard InChI is InChI=1S/C27H37BrN4O/c1-2-30-15-11-23(12-16-30)27(33)32-18-17-31(20-22-7-4-3-5-8-22)14-6-13-29-26-10-9-25(28)19-24(26)21-32/h3-5,7-10,19,23,29H,2,6,11-18,20-21H2,1H3. The first kappa shape index (κ1) is 24.2. The van der Waals surface area contributed by atoms with Crippen molar-refractivity contribution in [2.45, 2.75) is 39.3 Å². The predicted octanol–water partition coefficient (Wildman–Crippen LogP) is 4.83. The van der Waals surface area contributed by atoms with Crippen LogP contribution in [-0.4, -0.2) is 66.4 Å². The van der Waals surface area contributed by atoms with Crippen molar-refractivity contribution in [1.29, 1.82) is 0 Å². The SMILES string of the molecule is CCN1CCC(C(=O)N2CCN(Cc3ccccc3)CCCNc3ccc(Br)cc3C2)CC1. The summed E-state index contributed by atoms with van der Waals surface area (Å²) in [6.45, 7) is 10.6. The van der Waals surface area contributed by atoms with Gasteiger partial charge in [0, 0.05) is 55.3 Å². The number of halogens is 1. The highest BCUT2D eigenvalue weighted by Gasteiger charge is 2.29. The van der Waals surface area contributed by atoms with E-state index in [1.54, 1.807) is 0 Å². The number of likely N-dealkylation sites (tertiary alicyclic amines) is 1. The summed E-state index contributed by atoms with van der Waals surface area (Å²) < 4.78 is 1.06. The maximum Gasteiger partial charge on any atom is 0.226 e. The van der Waals surface area contributed by atoms with Crippen molar-refractivity contribution < 1.29 is 4.79 Å². The molecule has 0 aromatic heterocycles. The first-order valence-corrected chi connectivity index (χ1v) is 13.2. The number of fused-ring (bicyclic) bond motifs is 1. The zero-order chi connectivity index (χ0) is 23.0. The van der Waals surface area contributed by atoms with Crippen LogP contribution >= 0.6 is 15.9 Å². The van der Waals surface area contributed by atoms with Crippen molar-refractivity contribution in [3.63, 3.8) is 0 Å². The Bertz CT molecular complexity index is 898. The van der Waals surface area contributed by atoms with Crippen LogP contribution in [0.4, 0.5) is 5.69 Å². The normalized spacial score (nSPS) is 19.4. The fourth-order valence-corrected chi connectivity index (χ4v) is 5.40. The Morgan fingerprint density at radius 1 is 1.00 bits per heavy atom. The van der Waals surface area contributed by atoms with E-state index in [0.717, 1.165) is 81.8 Å². The molecule has 33 heavy (non-hydrogen) atoms. The van der Waals surface area contributed by atoms with Gasteiger partial charge in [-0.1, -0.05) is 53.2 Å². The topological polar surface area (TPSA) is 38.8 Å². The van der Waals surface area contributed by atoms with Crippen LogP contribution in [0.3, 0.4) is 0 Å². The fourth-order valence-electron chi connectivity index (χ4n) is 4.99. The zero-order valence-corrected chi connectivity index (χ0v) is 21.4. The van der Waals surface area contributed by atoms with E-state index >= 15 is 0 Å². The lowest BCUT2D eigenvalue weighted by molar-refractivity contribution is -0.138. The molecule has 2 aliphatic heterocycles. The number of piperidine rings is 1. The zero-order valence-electron chi connectivity index (χ0n) is 19.8. The number of nitrogens with one attached hydrogen (secondary N) is 1. The number of nitrogens with zero attached hydrogens (tertiary/aromatic N) is 3. The minimum Gasteiger partial charge on any atom is -0.385 e. The summed E-state index contributed by atoms with van der Waals surface area (Å²) in [6.07, 6.45) is 3.02. The molecule has 1 N–H and O–H groups in total. The highest BCUT2D eigenvalue weighted by molar-refractivity contribution is 9.10. The van der Waals surface area contributed by atoms with Crippen molar-refractivity contribution in [3.05, 3.63) is 64.1 Å². The van der Waals surface area contributed by atoms with Gasteiger partial charge in [0.2, 0.25) is 5.91 Å². The highest BCUT2D eigenvalue weighted by atomic mass is 79.9. The lowest BCUT2D eigenvalue weighted by Crippen LogP contribution is -2.44. The Labute approximate surface area is 207 Å². The van der Waals surface area contributed by atoms with Crippen LogP contribution in [0.15, 0.2) is 53.0 Å². The number of benzene rings is 2. The third-order valence-corrected chi connectivity index (χ3v) is 7.52. The Kier molecular flexibility index (Phi) is 8.82. The van der Waals surface area contributed by atoms with E-state index in [0.29, 0.717) is 12.5 Å². The molecule has 0 spiro atoms. The first-order chi connectivity index (χ1) is 16.1. The van der Waals surface area contributed by atoms with E-state index in [2.05, 4.69) is 91.4 Å². The largest absolute Gasteiger partial charge is 0.385 e. The summed E-state index contributed by atoms with van der Waals surface area (Å²) in [5.74, 6) is 0.472. The Balaban J connectivity index is 1.52. The van der Waals surface area contributed by atoms with Gasteiger partial charge in [-0.15, -0.1) is 0 Å². The molecule has 2 aromatic carbocycles. The number of amides is 1. The number of anilines is 1. The van der Waals surface area contributed by atoms with Crippen molar-refractivity contribution in [2.75, 3.05) is 51.1 Å². The molecule has 1 fully saturated rings. The van der Waals surface area contributed by atoms with Crippen molar-refractivity contribution in [3.8, 4) is 0 Å². The third-order valence-electron chi connectivity index (χ3n) is 7.03. The summed E-state index contributed by atoms with van der Waals surface area (Å²) in [4.78, 5) is 20.8. The van der Waals surface area contributed by atoms with Gasteiger partial charge in [-0.25, -0.2) is 0 Å². The number of carbonyl (C=O) groups is 1. The van der Waals surface area contributed by atoms with E-state index in [1.807, 2.05) is 0 Å². The molecule has 6 heteroatoms. The second kappa shape index (κ2) is 12.0. The Morgan fingerprint density at radius 3 is 2.55 bits per heavy atom. The van der Waals surface area contributed by atoms with Gasteiger partial charge >= 0.3 is 0 Å². The summed E-state index contributed by atoms with van der Waals surface area (Å²) >= 11 is 3.64. The minimum atomic E-state index is 0.143. The summed E-state index contributed by atoms with van der Waals surface area (Å²) in [5, 5.41) is 3.63. The van der Waals surface area contributed by atoms with E-state index < -0.39 is 0 Å². The van der Waals surface area contributed by atoms with Gasteiger partial charge in [0.1, 0.15) is 0 Å². The number of carbonyl (C=O) groups excluding carboxylic acids is 1. The molecule has 0 aliphatic carbocycles. The number of hydrogen-bond donors (Lipinski definition) is 1. The average molecular weight is 514 g/mol. The summed E-state index contributed by atoms with van der Waals surface area (Å²) in [6, 6.07) is 17.1. The first-order valence-electron chi connectivity index (χ1n) is 12.4. The maximum atomic E-state index is 13.7. The average Bonchev–Trinajstić information content (AvgIpc) is 2.88. The lowest BCUT2D eigenvalue weighted by Gasteiger charge is -2.35. The van der Waals surface area contributed by atoms with Gasteiger partial charge in [-0.3, -0.25) is 9.69 Å². The minimum absolute atomic E-state index is 0.143. The summed E-state index contributed by atoms with van der Waals surface area (Å²) in [7, 11) is 0. The predicted molar refractivity (Wildman–Crippen MR) is 139 cm³/mol. The quantitative estimate of drug-likeness (QED) is 0.636.